The Labute approximate surface area is 136 Å². The van der Waals surface area contributed by atoms with Gasteiger partial charge in [0, 0.05) is 43.9 Å². The van der Waals surface area contributed by atoms with Gasteiger partial charge in [-0.05, 0) is 24.0 Å². The molecule has 1 aromatic carbocycles. The molecule has 1 fully saturated rings. The summed E-state index contributed by atoms with van der Waals surface area (Å²) in [6.07, 6.45) is 0.703. The summed E-state index contributed by atoms with van der Waals surface area (Å²) in [5.41, 5.74) is 2.25. The van der Waals surface area contributed by atoms with E-state index >= 15 is 0 Å². The standard InChI is InChI=1S/C19H22N2O2/c22-18(15-5-2-1-3-6-15)13-20-10-14-9-16(12-20)17-7-4-8-19(23)21(17)11-14/h1-8,14,16,18,22H,9-13H2/t14-,16-,18-/m0/s1. The summed E-state index contributed by atoms with van der Waals surface area (Å²) in [6, 6.07) is 15.5. The van der Waals surface area contributed by atoms with E-state index in [0.717, 1.165) is 37.3 Å². The zero-order chi connectivity index (χ0) is 15.8. The zero-order valence-electron chi connectivity index (χ0n) is 13.1. The Morgan fingerprint density at radius 2 is 1.87 bits per heavy atom. The smallest absolute Gasteiger partial charge is 0.250 e. The van der Waals surface area contributed by atoms with Gasteiger partial charge in [-0.2, -0.15) is 0 Å². The molecule has 4 nitrogen and oxygen atoms in total. The minimum atomic E-state index is -0.451. The molecule has 4 rings (SSSR count). The largest absolute Gasteiger partial charge is 0.387 e. The van der Waals surface area contributed by atoms with E-state index in [4.69, 9.17) is 0 Å². The summed E-state index contributed by atoms with van der Waals surface area (Å²) in [5.74, 6) is 0.906. The van der Waals surface area contributed by atoms with Crippen molar-refractivity contribution in [3.8, 4) is 0 Å². The molecule has 0 radical (unpaired) electrons. The number of nitrogens with zero attached hydrogens (tertiary/aromatic N) is 2. The average Bonchev–Trinajstić information content (AvgIpc) is 2.57. The third kappa shape index (κ3) is 2.84. The van der Waals surface area contributed by atoms with Gasteiger partial charge in [0.05, 0.1) is 6.10 Å². The number of hydrogen-bond donors (Lipinski definition) is 1. The highest BCUT2D eigenvalue weighted by Crippen LogP contribution is 2.35. The lowest BCUT2D eigenvalue weighted by molar-refractivity contribution is 0.0621. The number of β-amino-alcohol motifs (C(OH)–C–C–N with tert-alkyl or cyclic N) is 1. The summed E-state index contributed by atoms with van der Waals surface area (Å²) >= 11 is 0. The zero-order valence-corrected chi connectivity index (χ0v) is 13.1. The minimum Gasteiger partial charge on any atom is -0.387 e. The number of aliphatic hydroxyl groups excluding tert-OH is 1. The molecular weight excluding hydrogens is 288 g/mol. The predicted molar refractivity (Wildman–Crippen MR) is 89.4 cm³/mol. The Bertz CT molecular complexity index is 741. The summed E-state index contributed by atoms with van der Waals surface area (Å²) in [5, 5.41) is 10.5. The summed E-state index contributed by atoms with van der Waals surface area (Å²) in [7, 11) is 0. The Morgan fingerprint density at radius 1 is 1.04 bits per heavy atom. The maximum atomic E-state index is 12.0. The highest BCUT2D eigenvalue weighted by atomic mass is 16.3. The van der Waals surface area contributed by atoms with Crippen LogP contribution in [0.15, 0.2) is 53.3 Å². The van der Waals surface area contributed by atoms with Crippen LogP contribution in [0.5, 0.6) is 0 Å². The molecule has 0 unspecified atom stereocenters. The van der Waals surface area contributed by atoms with Gasteiger partial charge in [0.2, 0.25) is 0 Å². The molecule has 23 heavy (non-hydrogen) atoms. The van der Waals surface area contributed by atoms with E-state index in [1.165, 1.54) is 0 Å². The third-order valence-electron chi connectivity index (χ3n) is 5.17. The van der Waals surface area contributed by atoms with Crippen molar-refractivity contribution in [1.82, 2.24) is 9.47 Å². The van der Waals surface area contributed by atoms with Crippen molar-refractivity contribution < 1.29 is 5.11 Å². The van der Waals surface area contributed by atoms with E-state index in [1.807, 2.05) is 41.0 Å². The number of benzene rings is 1. The predicted octanol–water partition coefficient (Wildman–Crippen LogP) is 2.00. The number of hydrogen-bond acceptors (Lipinski definition) is 3. The molecule has 3 atom stereocenters. The summed E-state index contributed by atoms with van der Waals surface area (Å²) < 4.78 is 1.95. The lowest BCUT2D eigenvalue weighted by Crippen LogP contribution is -2.48. The summed E-state index contributed by atoms with van der Waals surface area (Å²) in [6.45, 7) is 3.35. The van der Waals surface area contributed by atoms with Crippen LogP contribution < -0.4 is 5.56 Å². The second-order valence-electron chi connectivity index (χ2n) is 6.84. The SMILES string of the molecule is O=c1cccc2n1C[C@H]1C[C@H]2CN(C[C@H](O)c2ccccc2)C1. The molecule has 0 amide bonds. The van der Waals surface area contributed by atoms with E-state index < -0.39 is 6.10 Å². The highest BCUT2D eigenvalue weighted by molar-refractivity contribution is 5.19. The Balaban J connectivity index is 1.51. The van der Waals surface area contributed by atoms with Crippen LogP contribution in [0, 0.1) is 5.92 Å². The topological polar surface area (TPSA) is 45.5 Å². The molecule has 0 aliphatic carbocycles. The first-order valence-electron chi connectivity index (χ1n) is 8.36. The molecule has 2 aliphatic heterocycles. The second kappa shape index (κ2) is 5.95. The van der Waals surface area contributed by atoms with Crippen LogP contribution in [0.4, 0.5) is 0 Å². The fourth-order valence-electron chi connectivity index (χ4n) is 4.17. The van der Waals surface area contributed by atoms with Gasteiger partial charge in [0.15, 0.2) is 0 Å². The number of aliphatic hydroxyl groups is 1. The quantitative estimate of drug-likeness (QED) is 0.943. The average molecular weight is 310 g/mol. The number of pyridine rings is 1. The first-order chi connectivity index (χ1) is 11.2. The minimum absolute atomic E-state index is 0.120. The van der Waals surface area contributed by atoms with Crippen LogP contribution in [0.25, 0.3) is 0 Å². The molecule has 1 saturated heterocycles. The van der Waals surface area contributed by atoms with Crippen molar-refractivity contribution in [2.24, 2.45) is 5.92 Å². The number of fused-ring (bicyclic) bond motifs is 4. The van der Waals surface area contributed by atoms with Crippen LogP contribution in [-0.4, -0.2) is 34.2 Å². The van der Waals surface area contributed by atoms with E-state index in [9.17, 15) is 9.90 Å². The number of rotatable bonds is 3. The third-order valence-corrected chi connectivity index (χ3v) is 5.17. The van der Waals surface area contributed by atoms with Crippen molar-refractivity contribution >= 4 is 0 Å². The van der Waals surface area contributed by atoms with Gasteiger partial charge in [0.1, 0.15) is 0 Å². The van der Waals surface area contributed by atoms with Gasteiger partial charge in [-0.15, -0.1) is 0 Å². The van der Waals surface area contributed by atoms with Crippen molar-refractivity contribution in [3.05, 3.63) is 70.1 Å². The second-order valence-corrected chi connectivity index (χ2v) is 6.84. The van der Waals surface area contributed by atoms with Crippen LogP contribution in [-0.2, 0) is 6.54 Å². The van der Waals surface area contributed by atoms with Crippen molar-refractivity contribution in [3.63, 3.8) is 0 Å². The normalized spacial score (nSPS) is 24.9. The van der Waals surface area contributed by atoms with E-state index in [1.54, 1.807) is 6.07 Å². The number of piperidine rings is 1. The van der Waals surface area contributed by atoms with Gasteiger partial charge < -0.3 is 9.67 Å². The van der Waals surface area contributed by atoms with Crippen molar-refractivity contribution in [2.45, 2.75) is 25.0 Å². The lowest BCUT2D eigenvalue weighted by Gasteiger charge is -2.43. The number of likely N-dealkylation sites (tertiary alicyclic amines) is 1. The molecule has 1 aromatic heterocycles. The molecular formula is C19H22N2O2. The fraction of sp³-hybridized carbons (Fsp3) is 0.421. The molecule has 3 heterocycles. The molecule has 1 N–H and O–H groups in total. The first kappa shape index (κ1) is 14.7. The molecule has 2 aliphatic rings. The fourth-order valence-corrected chi connectivity index (χ4v) is 4.17. The Kier molecular flexibility index (Phi) is 3.79. The Morgan fingerprint density at radius 3 is 2.70 bits per heavy atom. The molecule has 0 spiro atoms. The maximum absolute atomic E-state index is 12.0. The van der Waals surface area contributed by atoms with Gasteiger partial charge in [-0.25, -0.2) is 0 Å². The summed E-state index contributed by atoms with van der Waals surface area (Å²) in [4.78, 5) is 14.4. The maximum Gasteiger partial charge on any atom is 0.250 e. The van der Waals surface area contributed by atoms with E-state index in [2.05, 4.69) is 11.0 Å². The van der Waals surface area contributed by atoms with Gasteiger partial charge in [0.25, 0.3) is 5.56 Å². The first-order valence-corrected chi connectivity index (χ1v) is 8.36. The van der Waals surface area contributed by atoms with Crippen LogP contribution in [0.1, 0.15) is 29.7 Å². The number of aromatic nitrogens is 1. The van der Waals surface area contributed by atoms with E-state index in [-0.39, 0.29) is 5.56 Å². The molecule has 2 aromatic rings. The van der Waals surface area contributed by atoms with Crippen molar-refractivity contribution in [1.29, 1.82) is 0 Å². The lowest BCUT2D eigenvalue weighted by atomic mass is 9.83. The molecule has 4 heteroatoms. The van der Waals surface area contributed by atoms with E-state index in [0.29, 0.717) is 18.4 Å². The van der Waals surface area contributed by atoms with Gasteiger partial charge in [-0.3, -0.25) is 9.69 Å². The molecule has 0 saturated carbocycles. The van der Waals surface area contributed by atoms with Crippen LogP contribution >= 0.6 is 0 Å². The van der Waals surface area contributed by atoms with Crippen LogP contribution in [0.2, 0.25) is 0 Å². The van der Waals surface area contributed by atoms with Crippen molar-refractivity contribution in [2.75, 3.05) is 19.6 Å². The van der Waals surface area contributed by atoms with Gasteiger partial charge in [-0.1, -0.05) is 36.4 Å². The highest BCUT2D eigenvalue weighted by Gasteiger charge is 2.34. The van der Waals surface area contributed by atoms with Gasteiger partial charge >= 0.3 is 0 Å². The molecule has 2 bridgehead atoms. The Hall–Kier alpha value is -1.91. The molecule has 120 valence electrons. The monoisotopic (exact) mass is 310 g/mol. The van der Waals surface area contributed by atoms with Crippen LogP contribution in [0.3, 0.4) is 0 Å².